The van der Waals surface area contributed by atoms with E-state index < -0.39 is 23.0 Å². The maximum absolute atomic E-state index is 13.2. The molecule has 2 atom stereocenters. The zero-order chi connectivity index (χ0) is 22.4. The molecule has 1 aliphatic rings. The molecule has 0 spiro atoms. The van der Waals surface area contributed by atoms with E-state index in [1.807, 2.05) is 11.9 Å². The third kappa shape index (κ3) is 4.93. The van der Waals surface area contributed by atoms with Crippen molar-refractivity contribution in [2.75, 3.05) is 19.0 Å². The Balaban J connectivity index is 2.62. The lowest BCUT2D eigenvalue weighted by Gasteiger charge is -2.38. The Morgan fingerprint density at radius 2 is 1.90 bits per heavy atom. The SMILES string of the molecule is CCOC(=O)C1(C(Nc2ccc(OC)cc2)C(=C=O)OC(C)(C)C)CCCC1=C=O. The third-order valence-corrected chi connectivity index (χ3v) is 4.97. The van der Waals surface area contributed by atoms with Crippen LogP contribution in [0.3, 0.4) is 0 Å². The Hall–Kier alpha value is -3.01. The number of benzene rings is 1. The Morgan fingerprint density at radius 3 is 2.40 bits per heavy atom. The molecule has 0 aromatic heterocycles. The van der Waals surface area contributed by atoms with Gasteiger partial charge in [0.15, 0.2) is 5.94 Å². The van der Waals surface area contributed by atoms with Gasteiger partial charge in [-0.05, 0) is 71.2 Å². The zero-order valence-electron chi connectivity index (χ0n) is 18.2. The lowest BCUT2D eigenvalue weighted by atomic mass is 9.74. The van der Waals surface area contributed by atoms with Crippen LogP contribution in [0.15, 0.2) is 35.6 Å². The predicted octanol–water partition coefficient (Wildman–Crippen LogP) is 3.50. The quantitative estimate of drug-likeness (QED) is 0.395. The average Bonchev–Trinajstić information content (AvgIpc) is 3.15. The van der Waals surface area contributed by atoms with Crippen molar-refractivity contribution in [2.24, 2.45) is 5.41 Å². The fourth-order valence-corrected chi connectivity index (χ4v) is 3.72. The first-order valence-electron chi connectivity index (χ1n) is 9.98. The van der Waals surface area contributed by atoms with Crippen LogP contribution < -0.4 is 10.1 Å². The van der Waals surface area contributed by atoms with E-state index in [0.29, 0.717) is 30.7 Å². The lowest BCUT2D eigenvalue weighted by Crippen LogP contribution is -2.49. The molecule has 7 heteroatoms. The number of anilines is 1. The van der Waals surface area contributed by atoms with E-state index >= 15 is 0 Å². The summed E-state index contributed by atoms with van der Waals surface area (Å²) in [5.41, 5.74) is -1.24. The first kappa shape index (κ1) is 23.3. The van der Waals surface area contributed by atoms with Crippen molar-refractivity contribution >= 4 is 23.5 Å². The second kappa shape index (κ2) is 9.66. The number of hydrogen-bond acceptors (Lipinski definition) is 7. The Morgan fingerprint density at radius 1 is 1.23 bits per heavy atom. The molecule has 0 aliphatic heterocycles. The molecule has 1 fully saturated rings. The van der Waals surface area contributed by atoms with Crippen LogP contribution in [-0.4, -0.2) is 43.2 Å². The highest BCUT2D eigenvalue weighted by molar-refractivity contribution is 5.88. The van der Waals surface area contributed by atoms with E-state index in [1.165, 1.54) is 0 Å². The monoisotopic (exact) mass is 415 g/mol. The molecular formula is C23H29NO6. The van der Waals surface area contributed by atoms with Crippen LogP contribution in [0.5, 0.6) is 5.75 Å². The number of esters is 1. The van der Waals surface area contributed by atoms with Gasteiger partial charge in [-0.1, -0.05) is 0 Å². The summed E-state index contributed by atoms with van der Waals surface area (Å²) in [7, 11) is 1.56. The van der Waals surface area contributed by atoms with Crippen molar-refractivity contribution in [1.29, 1.82) is 0 Å². The van der Waals surface area contributed by atoms with Crippen molar-refractivity contribution in [3.63, 3.8) is 0 Å². The fourth-order valence-electron chi connectivity index (χ4n) is 3.72. The zero-order valence-corrected chi connectivity index (χ0v) is 18.2. The van der Waals surface area contributed by atoms with E-state index in [9.17, 15) is 14.4 Å². The number of carbonyl (C=O) groups is 1. The van der Waals surface area contributed by atoms with Gasteiger partial charge in [0.05, 0.1) is 13.7 Å². The van der Waals surface area contributed by atoms with Crippen LogP contribution in [0.1, 0.15) is 47.0 Å². The molecule has 7 nitrogen and oxygen atoms in total. The van der Waals surface area contributed by atoms with Crippen LogP contribution in [-0.2, 0) is 23.9 Å². The van der Waals surface area contributed by atoms with Gasteiger partial charge in [0.1, 0.15) is 28.7 Å². The molecule has 0 radical (unpaired) electrons. The first-order valence-corrected chi connectivity index (χ1v) is 9.98. The van der Waals surface area contributed by atoms with Crippen molar-refractivity contribution in [3.05, 3.63) is 35.6 Å². The van der Waals surface area contributed by atoms with Crippen LogP contribution in [0.4, 0.5) is 5.69 Å². The largest absolute Gasteiger partial charge is 0.497 e. The molecule has 2 rings (SSSR count). The van der Waals surface area contributed by atoms with Gasteiger partial charge in [-0.15, -0.1) is 0 Å². The minimum atomic E-state index is -1.41. The number of methoxy groups -OCH3 is 1. The summed E-state index contributed by atoms with van der Waals surface area (Å²) in [4.78, 5) is 37.0. The summed E-state index contributed by atoms with van der Waals surface area (Å²) in [5, 5.41) is 3.21. The highest BCUT2D eigenvalue weighted by Crippen LogP contribution is 2.48. The van der Waals surface area contributed by atoms with E-state index in [1.54, 1.807) is 59.1 Å². The molecule has 1 N–H and O–H groups in total. The van der Waals surface area contributed by atoms with E-state index in [0.717, 1.165) is 0 Å². The standard InChI is InChI=1S/C23H29NO6/c1-6-29-21(27)23(13-7-8-16(23)14-25)20(19(15-26)30-22(2,3)4)24-17-9-11-18(28-5)12-10-17/h9-12,20,24H,6-8,13H2,1-5H3. The van der Waals surface area contributed by atoms with Crippen LogP contribution in [0, 0.1) is 5.41 Å². The molecule has 0 heterocycles. The second-order valence-electron chi connectivity index (χ2n) is 8.11. The summed E-state index contributed by atoms with van der Waals surface area (Å²) >= 11 is 0. The molecule has 0 bridgehead atoms. The van der Waals surface area contributed by atoms with Gasteiger partial charge < -0.3 is 19.5 Å². The number of hydrogen-bond donors (Lipinski definition) is 1. The van der Waals surface area contributed by atoms with Gasteiger partial charge in [0.2, 0.25) is 5.76 Å². The summed E-state index contributed by atoms with van der Waals surface area (Å²) in [6.45, 7) is 7.20. The maximum atomic E-state index is 13.2. The number of rotatable bonds is 8. The molecule has 30 heavy (non-hydrogen) atoms. The molecule has 2 unspecified atom stereocenters. The van der Waals surface area contributed by atoms with Crippen LogP contribution >= 0.6 is 0 Å². The van der Waals surface area contributed by atoms with Crippen molar-refractivity contribution in [2.45, 2.75) is 58.6 Å². The van der Waals surface area contributed by atoms with Gasteiger partial charge in [0.25, 0.3) is 0 Å². The highest BCUT2D eigenvalue weighted by Gasteiger charge is 2.56. The highest BCUT2D eigenvalue weighted by atomic mass is 16.5. The molecule has 0 saturated heterocycles. The van der Waals surface area contributed by atoms with E-state index in [4.69, 9.17) is 14.2 Å². The minimum absolute atomic E-state index is 0.0963. The van der Waals surface area contributed by atoms with Gasteiger partial charge >= 0.3 is 5.97 Å². The van der Waals surface area contributed by atoms with Crippen molar-refractivity contribution < 1.29 is 28.6 Å². The molecule has 1 aromatic carbocycles. The third-order valence-electron chi connectivity index (χ3n) is 4.97. The predicted molar refractivity (Wildman–Crippen MR) is 113 cm³/mol. The number of nitrogens with one attached hydrogen (secondary N) is 1. The molecule has 1 aliphatic carbocycles. The molecule has 1 aromatic rings. The normalized spacial score (nSPS) is 19.3. The van der Waals surface area contributed by atoms with Crippen molar-refractivity contribution in [3.8, 4) is 5.75 Å². The van der Waals surface area contributed by atoms with Gasteiger partial charge in [0, 0.05) is 11.3 Å². The topological polar surface area (TPSA) is 90.9 Å². The molecule has 0 amide bonds. The second-order valence-corrected chi connectivity index (χ2v) is 8.11. The Labute approximate surface area is 177 Å². The first-order chi connectivity index (χ1) is 14.2. The number of ether oxygens (including phenoxy) is 3. The average molecular weight is 415 g/mol. The minimum Gasteiger partial charge on any atom is -0.497 e. The van der Waals surface area contributed by atoms with Gasteiger partial charge in [-0.3, -0.25) is 4.79 Å². The Bertz CT molecular complexity index is 857. The number of carbonyl (C=O) groups excluding carboxylic acids is 3. The van der Waals surface area contributed by atoms with E-state index in [2.05, 4.69) is 5.32 Å². The van der Waals surface area contributed by atoms with Crippen molar-refractivity contribution in [1.82, 2.24) is 0 Å². The molecular weight excluding hydrogens is 386 g/mol. The smallest absolute Gasteiger partial charge is 0.319 e. The molecule has 162 valence electrons. The summed E-state index contributed by atoms with van der Waals surface area (Å²) in [6.07, 6.45) is 1.31. The van der Waals surface area contributed by atoms with Gasteiger partial charge in [-0.2, -0.15) is 0 Å². The van der Waals surface area contributed by atoms with Crippen LogP contribution in [0.25, 0.3) is 0 Å². The maximum Gasteiger partial charge on any atom is 0.319 e. The molecule has 1 saturated carbocycles. The Kier molecular flexibility index (Phi) is 7.49. The lowest BCUT2D eigenvalue weighted by molar-refractivity contribution is -0.153. The van der Waals surface area contributed by atoms with Crippen LogP contribution in [0.2, 0.25) is 0 Å². The van der Waals surface area contributed by atoms with Gasteiger partial charge in [-0.25, -0.2) is 9.59 Å². The fraction of sp³-hybridized carbons (Fsp3) is 0.522. The summed E-state index contributed by atoms with van der Waals surface area (Å²) in [6, 6.07) is 6.01. The summed E-state index contributed by atoms with van der Waals surface area (Å²) < 4.78 is 16.4. The summed E-state index contributed by atoms with van der Waals surface area (Å²) in [5.74, 6) is 3.75. The van der Waals surface area contributed by atoms with E-state index in [-0.39, 0.29) is 17.9 Å².